The molecule has 0 atom stereocenters. The number of nitrogens with zero attached hydrogens (tertiary/aromatic N) is 2. The first-order valence-corrected chi connectivity index (χ1v) is 9.64. The van der Waals surface area contributed by atoms with E-state index < -0.39 is 0 Å². The number of nitrogens with one attached hydrogen (secondary N) is 1. The summed E-state index contributed by atoms with van der Waals surface area (Å²) in [5.74, 6) is 1.30. The number of rotatable bonds is 6. The molecule has 3 aromatic carbocycles. The minimum Gasteiger partial charge on any atom is -0.496 e. The highest BCUT2D eigenvalue weighted by atomic mass is 35.5. The fourth-order valence-corrected chi connectivity index (χ4v) is 3.55. The zero-order valence-electron chi connectivity index (χ0n) is 15.9. The van der Waals surface area contributed by atoms with Crippen molar-refractivity contribution in [3.05, 3.63) is 83.4 Å². The number of amides is 1. The highest BCUT2D eigenvalue weighted by Crippen LogP contribution is 2.30. The number of carbonyl (C=O) groups excluding carboxylic acids is 1. The normalized spacial score (nSPS) is 10.8. The van der Waals surface area contributed by atoms with E-state index in [9.17, 15) is 4.79 Å². The van der Waals surface area contributed by atoms with Gasteiger partial charge in [-0.15, -0.1) is 0 Å². The van der Waals surface area contributed by atoms with Crippen LogP contribution in [0.25, 0.3) is 22.4 Å². The topological polar surface area (TPSA) is 56.1 Å². The molecule has 29 heavy (non-hydrogen) atoms. The van der Waals surface area contributed by atoms with Crippen molar-refractivity contribution in [3.63, 3.8) is 0 Å². The summed E-state index contributed by atoms with van der Waals surface area (Å²) in [5, 5.41) is 3.57. The third-order valence-corrected chi connectivity index (χ3v) is 5.07. The molecule has 1 heterocycles. The maximum Gasteiger partial charge on any atom is 0.240 e. The molecule has 4 rings (SSSR count). The van der Waals surface area contributed by atoms with Crippen LogP contribution in [0.3, 0.4) is 0 Å². The van der Waals surface area contributed by atoms with Gasteiger partial charge in [-0.1, -0.05) is 54.1 Å². The van der Waals surface area contributed by atoms with E-state index in [1.165, 1.54) is 0 Å². The molecule has 0 aliphatic carbocycles. The molecule has 146 valence electrons. The van der Waals surface area contributed by atoms with Crippen LogP contribution in [0.2, 0.25) is 5.02 Å². The van der Waals surface area contributed by atoms with E-state index in [2.05, 4.69) is 5.32 Å². The summed E-state index contributed by atoms with van der Waals surface area (Å²) in [4.78, 5) is 17.5. The van der Waals surface area contributed by atoms with Gasteiger partial charge in [0.2, 0.25) is 5.91 Å². The molecule has 6 heteroatoms. The highest BCUT2D eigenvalue weighted by molar-refractivity contribution is 6.33. The molecular weight excluding hydrogens is 386 g/mol. The van der Waals surface area contributed by atoms with Crippen molar-refractivity contribution in [1.29, 1.82) is 0 Å². The van der Waals surface area contributed by atoms with Crippen LogP contribution < -0.4 is 10.1 Å². The summed E-state index contributed by atoms with van der Waals surface area (Å²) in [7, 11) is 1.62. The molecule has 0 fully saturated rings. The van der Waals surface area contributed by atoms with Gasteiger partial charge in [-0.05, 0) is 30.3 Å². The number of para-hydroxylation sites is 3. The molecule has 1 amide bonds. The lowest BCUT2D eigenvalue weighted by Crippen LogP contribution is -2.27. The molecule has 5 nitrogen and oxygen atoms in total. The Balaban J connectivity index is 1.62. The van der Waals surface area contributed by atoms with E-state index in [-0.39, 0.29) is 12.5 Å². The smallest absolute Gasteiger partial charge is 0.240 e. The minimum absolute atomic E-state index is 0.118. The molecule has 0 bridgehead atoms. The van der Waals surface area contributed by atoms with Gasteiger partial charge in [0.15, 0.2) is 0 Å². The number of hydrogen-bond acceptors (Lipinski definition) is 3. The average molecular weight is 406 g/mol. The van der Waals surface area contributed by atoms with Gasteiger partial charge < -0.3 is 14.6 Å². The lowest BCUT2D eigenvalue weighted by atomic mass is 10.2. The first-order valence-electron chi connectivity index (χ1n) is 9.26. The Kier molecular flexibility index (Phi) is 5.49. The second-order valence-electron chi connectivity index (χ2n) is 6.58. The van der Waals surface area contributed by atoms with E-state index in [1.807, 2.05) is 77.4 Å². The van der Waals surface area contributed by atoms with Crippen LogP contribution in [-0.4, -0.2) is 22.6 Å². The van der Waals surface area contributed by atoms with Crippen LogP contribution in [0.4, 0.5) is 0 Å². The Bertz CT molecular complexity index is 1170. The fourth-order valence-electron chi connectivity index (χ4n) is 3.33. The van der Waals surface area contributed by atoms with Gasteiger partial charge in [0.25, 0.3) is 0 Å². The molecule has 0 aliphatic rings. The standard InChI is InChI=1S/C23H20ClN3O2/c1-29-21-13-7-2-8-16(21)14-25-22(28)15-27-20-12-6-5-11-19(20)26-23(27)17-9-3-4-10-18(17)24/h2-13H,14-15H2,1H3,(H,25,28). The lowest BCUT2D eigenvalue weighted by Gasteiger charge is -2.12. The quantitative estimate of drug-likeness (QED) is 0.506. The van der Waals surface area contributed by atoms with Gasteiger partial charge in [0, 0.05) is 17.7 Å². The Labute approximate surface area is 173 Å². The summed E-state index contributed by atoms with van der Waals surface area (Å²) < 4.78 is 7.25. The van der Waals surface area contributed by atoms with Crippen LogP contribution in [-0.2, 0) is 17.9 Å². The van der Waals surface area contributed by atoms with Crippen molar-refractivity contribution in [2.75, 3.05) is 7.11 Å². The number of benzene rings is 3. The molecule has 0 aliphatic heterocycles. The Hall–Kier alpha value is -3.31. The Morgan fingerprint density at radius 3 is 2.59 bits per heavy atom. The number of hydrogen-bond donors (Lipinski definition) is 1. The Morgan fingerprint density at radius 1 is 1.03 bits per heavy atom. The van der Waals surface area contributed by atoms with Crippen molar-refractivity contribution in [1.82, 2.24) is 14.9 Å². The van der Waals surface area contributed by atoms with Gasteiger partial charge >= 0.3 is 0 Å². The van der Waals surface area contributed by atoms with Gasteiger partial charge in [-0.3, -0.25) is 4.79 Å². The van der Waals surface area contributed by atoms with Crippen molar-refractivity contribution < 1.29 is 9.53 Å². The predicted octanol–water partition coefficient (Wildman–Crippen LogP) is 4.68. The van der Waals surface area contributed by atoms with Crippen molar-refractivity contribution >= 4 is 28.5 Å². The predicted molar refractivity (Wildman–Crippen MR) is 115 cm³/mol. The van der Waals surface area contributed by atoms with Crippen molar-refractivity contribution in [2.24, 2.45) is 0 Å². The number of methoxy groups -OCH3 is 1. The number of ether oxygens (including phenoxy) is 1. The monoisotopic (exact) mass is 405 g/mol. The van der Waals surface area contributed by atoms with E-state index >= 15 is 0 Å². The third kappa shape index (κ3) is 3.96. The first-order chi connectivity index (χ1) is 14.2. The number of aromatic nitrogens is 2. The van der Waals surface area contributed by atoms with Crippen LogP contribution in [0.5, 0.6) is 5.75 Å². The van der Waals surface area contributed by atoms with Crippen LogP contribution >= 0.6 is 11.6 Å². The second-order valence-corrected chi connectivity index (χ2v) is 6.99. The number of fused-ring (bicyclic) bond motifs is 1. The Morgan fingerprint density at radius 2 is 1.76 bits per heavy atom. The van der Waals surface area contributed by atoms with E-state index in [1.54, 1.807) is 7.11 Å². The SMILES string of the molecule is COc1ccccc1CNC(=O)Cn1c(-c2ccccc2Cl)nc2ccccc21. The highest BCUT2D eigenvalue weighted by Gasteiger charge is 2.17. The zero-order valence-corrected chi connectivity index (χ0v) is 16.7. The molecule has 0 unspecified atom stereocenters. The van der Waals surface area contributed by atoms with Crippen molar-refractivity contribution in [3.8, 4) is 17.1 Å². The zero-order chi connectivity index (χ0) is 20.2. The van der Waals surface area contributed by atoms with E-state index in [4.69, 9.17) is 21.3 Å². The minimum atomic E-state index is -0.118. The van der Waals surface area contributed by atoms with Gasteiger partial charge in [-0.25, -0.2) is 4.98 Å². The summed E-state index contributed by atoms with van der Waals surface area (Å²) in [6, 6.07) is 22.9. The molecule has 1 aromatic heterocycles. The molecule has 0 saturated carbocycles. The molecular formula is C23H20ClN3O2. The summed E-state index contributed by atoms with van der Waals surface area (Å²) in [6.07, 6.45) is 0. The molecule has 0 radical (unpaired) electrons. The maximum absolute atomic E-state index is 12.8. The van der Waals surface area contributed by atoms with Crippen LogP contribution in [0, 0.1) is 0 Å². The van der Waals surface area contributed by atoms with Crippen molar-refractivity contribution in [2.45, 2.75) is 13.1 Å². The number of halogens is 1. The fraction of sp³-hybridized carbons (Fsp3) is 0.130. The van der Waals surface area contributed by atoms with E-state index in [0.717, 1.165) is 27.9 Å². The average Bonchev–Trinajstić information content (AvgIpc) is 3.11. The summed E-state index contributed by atoms with van der Waals surface area (Å²) in [5.41, 5.74) is 3.42. The van der Waals surface area contributed by atoms with Gasteiger partial charge in [-0.2, -0.15) is 0 Å². The third-order valence-electron chi connectivity index (χ3n) is 4.74. The molecule has 1 N–H and O–H groups in total. The lowest BCUT2D eigenvalue weighted by molar-refractivity contribution is -0.121. The second kappa shape index (κ2) is 8.37. The maximum atomic E-state index is 12.8. The van der Waals surface area contributed by atoms with Gasteiger partial charge in [0.1, 0.15) is 18.1 Å². The summed E-state index contributed by atoms with van der Waals surface area (Å²) in [6.45, 7) is 0.521. The number of imidazole rings is 1. The first kappa shape index (κ1) is 19.0. The van der Waals surface area contributed by atoms with E-state index in [0.29, 0.717) is 17.4 Å². The van der Waals surface area contributed by atoms with Crippen LogP contribution in [0.15, 0.2) is 72.8 Å². The molecule has 4 aromatic rings. The van der Waals surface area contributed by atoms with Gasteiger partial charge in [0.05, 0.1) is 23.2 Å². The molecule has 0 spiro atoms. The number of carbonyl (C=O) groups is 1. The van der Waals surface area contributed by atoms with Crippen LogP contribution in [0.1, 0.15) is 5.56 Å². The largest absolute Gasteiger partial charge is 0.496 e. The summed E-state index contributed by atoms with van der Waals surface area (Å²) >= 11 is 6.40. The molecule has 0 saturated heterocycles.